The third-order valence-electron chi connectivity index (χ3n) is 4.22. The van der Waals surface area contributed by atoms with E-state index in [4.69, 9.17) is 5.73 Å². The molecule has 1 aromatic carbocycles. The molecule has 1 amide bonds. The first-order valence-electron chi connectivity index (χ1n) is 8.12. The largest absolute Gasteiger partial charge is 0.399 e. The Morgan fingerprint density at radius 1 is 1.29 bits per heavy atom. The molecular formula is C17H27N3O. The van der Waals surface area contributed by atoms with E-state index < -0.39 is 0 Å². The van der Waals surface area contributed by atoms with Gasteiger partial charge in [0.2, 0.25) is 0 Å². The van der Waals surface area contributed by atoms with Crippen LogP contribution < -0.4 is 16.4 Å². The first-order valence-corrected chi connectivity index (χ1v) is 8.12. The fraction of sp³-hybridized carbons (Fsp3) is 0.588. The van der Waals surface area contributed by atoms with E-state index in [-0.39, 0.29) is 5.91 Å². The number of nitrogens with one attached hydrogen (secondary N) is 2. The topological polar surface area (TPSA) is 67.1 Å². The number of nitrogens with two attached hydrogens (primary N) is 1. The highest BCUT2D eigenvalue weighted by molar-refractivity contribution is 6.00. The molecule has 1 saturated carbocycles. The van der Waals surface area contributed by atoms with E-state index >= 15 is 0 Å². The number of carbonyl (C=O) groups excluding carboxylic acids is 1. The standard InChI is InChI=1S/C17H27N3O/c1-2-19-16-9-8-14(18)12-15(16)17(21)20-11-10-13-6-4-3-5-7-13/h8-9,12-13,19H,2-7,10-11,18H2,1H3,(H,20,21). The van der Waals surface area contributed by atoms with Crippen molar-refractivity contribution in [2.45, 2.75) is 45.4 Å². The van der Waals surface area contributed by atoms with E-state index in [9.17, 15) is 4.79 Å². The van der Waals surface area contributed by atoms with Gasteiger partial charge >= 0.3 is 0 Å². The van der Waals surface area contributed by atoms with Crippen LogP contribution in [0, 0.1) is 5.92 Å². The average Bonchev–Trinajstić information content (AvgIpc) is 2.50. The summed E-state index contributed by atoms with van der Waals surface area (Å²) in [7, 11) is 0. The maximum atomic E-state index is 12.3. The molecule has 0 saturated heterocycles. The molecule has 4 heteroatoms. The van der Waals surface area contributed by atoms with Crippen LogP contribution in [0.15, 0.2) is 18.2 Å². The summed E-state index contributed by atoms with van der Waals surface area (Å²) < 4.78 is 0. The van der Waals surface area contributed by atoms with Gasteiger partial charge in [0.25, 0.3) is 5.91 Å². The second-order valence-corrected chi connectivity index (χ2v) is 5.88. The van der Waals surface area contributed by atoms with Gasteiger partial charge in [-0.3, -0.25) is 4.79 Å². The predicted octanol–water partition coefficient (Wildman–Crippen LogP) is 3.40. The van der Waals surface area contributed by atoms with Crippen LogP contribution in [0.3, 0.4) is 0 Å². The molecule has 0 spiro atoms. The van der Waals surface area contributed by atoms with Crippen molar-refractivity contribution in [3.8, 4) is 0 Å². The van der Waals surface area contributed by atoms with E-state index in [1.165, 1.54) is 32.1 Å². The number of carbonyl (C=O) groups is 1. The van der Waals surface area contributed by atoms with Gasteiger partial charge in [0, 0.05) is 24.5 Å². The van der Waals surface area contributed by atoms with Crippen molar-refractivity contribution in [1.29, 1.82) is 0 Å². The van der Waals surface area contributed by atoms with Crippen LogP contribution in [0.5, 0.6) is 0 Å². The van der Waals surface area contributed by atoms with Gasteiger partial charge in [0.1, 0.15) is 0 Å². The maximum absolute atomic E-state index is 12.3. The third kappa shape index (κ3) is 4.66. The van der Waals surface area contributed by atoms with Gasteiger partial charge in [0.05, 0.1) is 5.56 Å². The van der Waals surface area contributed by atoms with Crippen molar-refractivity contribution in [1.82, 2.24) is 5.32 Å². The van der Waals surface area contributed by atoms with Crippen LogP contribution in [0.2, 0.25) is 0 Å². The van der Waals surface area contributed by atoms with Crippen molar-refractivity contribution in [2.75, 3.05) is 24.1 Å². The molecule has 1 aromatic rings. The summed E-state index contributed by atoms with van der Waals surface area (Å²) in [5, 5.41) is 6.25. The zero-order valence-corrected chi connectivity index (χ0v) is 13.0. The SMILES string of the molecule is CCNc1ccc(N)cc1C(=O)NCCC1CCCCC1. The summed E-state index contributed by atoms with van der Waals surface area (Å²) in [6.45, 7) is 3.55. The molecule has 0 aliphatic heterocycles. The van der Waals surface area contributed by atoms with Gasteiger partial charge in [-0.15, -0.1) is 0 Å². The second kappa shape index (κ2) is 7.91. The zero-order valence-electron chi connectivity index (χ0n) is 13.0. The van der Waals surface area contributed by atoms with Crippen LogP contribution in [0.1, 0.15) is 55.8 Å². The van der Waals surface area contributed by atoms with Crippen molar-refractivity contribution >= 4 is 17.3 Å². The summed E-state index contributed by atoms with van der Waals surface area (Å²) in [6.07, 6.45) is 7.78. The molecule has 0 aromatic heterocycles. The number of nitrogen functional groups attached to an aromatic ring is 1. The Hall–Kier alpha value is -1.71. The number of benzene rings is 1. The Kier molecular flexibility index (Phi) is 5.90. The van der Waals surface area contributed by atoms with E-state index in [0.717, 1.165) is 31.1 Å². The Balaban J connectivity index is 1.88. The molecule has 0 unspecified atom stereocenters. The number of hydrogen-bond acceptors (Lipinski definition) is 3. The molecule has 116 valence electrons. The van der Waals surface area contributed by atoms with Crippen molar-refractivity contribution in [2.24, 2.45) is 5.92 Å². The summed E-state index contributed by atoms with van der Waals surface area (Å²) in [5.74, 6) is 0.752. The van der Waals surface area contributed by atoms with Gasteiger partial charge in [-0.2, -0.15) is 0 Å². The van der Waals surface area contributed by atoms with Crippen LogP contribution in [0.25, 0.3) is 0 Å². The Labute approximate surface area is 127 Å². The van der Waals surface area contributed by atoms with Crippen molar-refractivity contribution in [3.05, 3.63) is 23.8 Å². The highest BCUT2D eigenvalue weighted by Crippen LogP contribution is 2.26. The minimum atomic E-state index is -0.0333. The van der Waals surface area contributed by atoms with Gasteiger partial charge in [-0.25, -0.2) is 0 Å². The molecule has 0 heterocycles. The molecule has 4 N–H and O–H groups in total. The smallest absolute Gasteiger partial charge is 0.253 e. The summed E-state index contributed by atoms with van der Waals surface area (Å²) in [4.78, 5) is 12.3. The molecule has 1 fully saturated rings. The Bertz CT molecular complexity index is 467. The number of hydrogen-bond donors (Lipinski definition) is 3. The van der Waals surface area contributed by atoms with Crippen LogP contribution in [-0.4, -0.2) is 19.0 Å². The van der Waals surface area contributed by atoms with Gasteiger partial charge < -0.3 is 16.4 Å². The lowest BCUT2D eigenvalue weighted by Gasteiger charge is -2.21. The highest BCUT2D eigenvalue weighted by atomic mass is 16.1. The average molecular weight is 289 g/mol. The Morgan fingerprint density at radius 2 is 2.05 bits per heavy atom. The van der Waals surface area contributed by atoms with Gasteiger partial charge in [-0.1, -0.05) is 32.1 Å². The quantitative estimate of drug-likeness (QED) is 0.703. The fourth-order valence-corrected chi connectivity index (χ4v) is 3.06. The molecular weight excluding hydrogens is 262 g/mol. The first kappa shape index (κ1) is 15.7. The minimum absolute atomic E-state index is 0.0333. The van der Waals surface area contributed by atoms with E-state index in [0.29, 0.717) is 11.3 Å². The number of rotatable bonds is 6. The monoisotopic (exact) mass is 289 g/mol. The normalized spacial score (nSPS) is 15.7. The highest BCUT2D eigenvalue weighted by Gasteiger charge is 2.15. The van der Waals surface area contributed by atoms with Crippen molar-refractivity contribution in [3.63, 3.8) is 0 Å². The van der Waals surface area contributed by atoms with Gasteiger partial charge in [-0.05, 0) is 37.5 Å². The molecule has 21 heavy (non-hydrogen) atoms. The predicted molar refractivity (Wildman–Crippen MR) is 88.5 cm³/mol. The molecule has 4 nitrogen and oxygen atoms in total. The lowest BCUT2D eigenvalue weighted by molar-refractivity contribution is 0.0951. The molecule has 1 aliphatic carbocycles. The number of anilines is 2. The number of amides is 1. The lowest BCUT2D eigenvalue weighted by atomic mass is 9.87. The van der Waals surface area contributed by atoms with Crippen LogP contribution in [-0.2, 0) is 0 Å². The summed E-state index contributed by atoms with van der Waals surface area (Å²) in [5.41, 5.74) is 7.91. The summed E-state index contributed by atoms with van der Waals surface area (Å²) in [6, 6.07) is 5.43. The van der Waals surface area contributed by atoms with Crippen LogP contribution in [0.4, 0.5) is 11.4 Å². The van der Waals surface area contributed by atoms with E-state index in [1.54, 1.807) is 6.07 Å². The van der Waals surface area contributed by atoms with Crippen molar-refractivity contribution < 1.29 is 4.79 Å². The first-order chi connectivity index (χ1) is 10.2. The molecule has 0 bridgehead atoms. The summed E-state index contributed by atoms with van der Waals surface area (Å²) >= 11 is 0. The lowest BCUT2D eigenvalue weighted by Crippen LogP contribution is -2.27. The minimum Gasteiger partial charge on any atom is -0.399 e. The molecule has 1 aliphatic rings. The Morgan fingerprint density at radius 3 is 2.76 bits per heavy atom. The maximum Gasteiger partial charge on any atom is 0.253 e. The zero-order chi connectivity index (χ0) is 15.1. The van der Waals surface area contributed by atoms with Gasteiger partial charge in [0.15, 0.2) is 0 Å². The third-order valence-corrected chi connectivity index (χ3v) is 4.22. The molecule has 0 atom stereocenters. The van der Waals surface area contributed by atoms with E-state index in [1.807, 2.05) is 19.1 Å². The van der Waals surface area contributed by atoms with Crippen LogP contribution >= 0.6 is 0 Å². The molecule has 0 radical (unpaired) electrons. The molecule has 2 rings (SSSR count). The fourth-order valence-electron chi connectivity index (χ4n) is 3.06. The van der Waals surface area contributed by atoms with E-state index in [2.05, 4.69) is 10.6 Å². The second-order valence-electron chi connectivity index (χ2n) is 5.88.